The molecule has 156 valence electrons. The summed E-state index contributed by atoms with van der Waals surface area (Å²) >= 11 is 0. The Bertz CT molecular complexity index is 993. The molecule has 1 amide bonds. The third kappa shape index (κ3) is 4.64. The molecule has 29 heavy (non-hydrogen) atoms. The van der Waals surface area contributed by atoms with Crippen molar-refractivity contribution in [1.82, 2.24) is 9.21 Å². The average molecular weight is 422 g/mol. The van der Waals surface area contributed by atoms with Gasteiger partial charge in [0, 0.05) is 31.7 Å². The molecular weight excluding hydrogens is 398 g/mol. The van der Waals surface area contributed by atoms with Crippen LogP contribution in [0.15, 0.2) is 47.4 Å². The molecule has 0 radical (unpaired) electrons. The van der Waals surface area contributed by atoms with Gasteiger partial charge in [0.05, 0.1) is 4.90 Å². The third-order valence-corrected chi connectivity index (χ3v) is 7.23. The van der Waals surface area contributed by atoms with E-state index < -0.39 is 21.7 Å². The van der Waals surface area contributed by atoms with E-state index in [2.05, 4.69) is 0 Å². The third-order valence-electron chi connectivity index (χ3n) is 5.20. The summed E-state index contributed by atoms with van der Waals surface area (Å²) in [6.07, 6.45) is 2.70. The van der Waals surface area contributed by atoms with Gasteiger partial charge >= 0.3 is 0 Å². The highest BCUT2D eigenvalue weighted by atomic mass is 32.2. The summed E-state index contributed by atoms with van der Waals surface area (Å²) in [4.78, 5) is 14.1. The summed E-state index contributed by atoms with van der Waals surface area (Å²) in [5.74, 6) is -2.25. The minimum Gasteiger partial charge on any atom is -0.337 e. The number of hydrogen-bond acceptors (Lipinski definition) is 3. The lowest BCUT2D eigenvalue weighted by Crippen LogP contribution is -2.41. The quantitative estimate of drug-likeness (QED) is 0.737. The minimum absolute atomic E-state index is 0.0442. The van der Waals surface area contributed by atoms with Gasteiger partial charge in [0.2, 0.25) is 10.0 Å². The minimum atomic E-state index is -3.60. The second-order valence-corrected chi connectivity index (χ2v) is 9.29. The molecule has 0 bridgehead atoms. The van der Waals surface area contributed by atoms with Crippen LogP contribution in [0.1, 0.15) is 42.1 Å². The first kappa shape index (κ1) is 21.4. The maximum atomic E-state index is 13.4. The topological polar surface area (TPSA) is 57.7 Å². The van der Waals surface area contributed by atoms with Crippen molar-refractivity contribution in [2.24, 2.45) is 0 Å². The van der Waals surface area contributed by atoms with Gasteiger partial charge in [-0.25, -0.2) is 17.2 Å². The SMILES string of the molecule is CC1CCCCN1S(=O)(=O)c1ccc(C(=O)N(C)Cc2ccc(F)c(F)c2)cc1. The standard InChI is InChI=1S/C21H24F2N2O3S/c1-15-5-3-4-12-25(15)29(27,28)18-9-7-17(8-10-18)21(26)24(2)14-16-6-11-19(22)20(23)13-16/h6-11,13,15H,3-5,12,14H2,1-2H3. The van der Waals surface area contributed by atoms with E-state index in [9.17, 15) is 22.0 Å². The van der Waals surface area contributed by atoms with Crippen molar-refractivity contribution in [3.8, 4) is 0 Å². The van der Waals surface area contributed by atoms with E-state index in [0.717, 1.165) is 31.4 Å². The predicted octanol–water partition coefficient (Wildman–Crippen LogP) is 3.80. The summed E-state index contributed by atoms with van der Waals surface area (Å²) in [7, 11) is -2.05. The lowest BCUT2D eigenvalue weighted by molar-refractivity contribution is 0.0785. The van der Waals surface area contributed by atoms with E-state index >= 15 is 0 Å². The second kappa shape index (κ2) is 8.59. The first-order valence-corrected chi connectivity index (χ1v) is 11.0. The van der Waals surface area contributed by atoms with Crippen molar-refractivity contribution in [3.05, 3.63) is 65.2 Å². The fraction of sp³-hybridized carbons (Fsp3) is 0.381. The highest BCUT2D eigenvalue weighted by Crippen LogP contribution is 2.25. The van der Waals surface area contributed by atoms with Gasteiger partial charge < -0.3 is 4.90 Å². The molecule has 1 aliphatic rings. The number of sulfonamides is 1. The van der Waals surface area contributed by atoms with E-state index in [1.54, 1.807) is 7.05 Å². The molecule has 1 aliphatic heterocycles. The number of amides is 1. The largest absolute Gasteiger partial charge is 0.337 e. The van der Waals surface area contributed by atoms with Gasteiger partial charge in [-0.15, -0.1) is 0 Å². The van der Waals surface area contributed by atoms with Crippen LogP contribution in [0, 0.1) is 11.6 Å². The molecule has 8 heteroatoms. The van der Waals surface area contributed by atoms with Gasteiger partial charge in [0.1, 0.15) is 0 Å². The molecule has 0 N–H and O–H groups in total. The lowest BCUT2D eigenvalue weighted by atomic mass is 10.1. The van der Waals surface area contributed by atoms with Crippen LogP contribution < -0.4 is 0 Å². The lowest BCUT2D eigenvalue weighted by Gasteiger charge is -2.32. The fourth-order valence-electron chi connectivity index (χ4n) is 3.54. The normalized spacial score (nSPS) is 17.9. The van der Waals surface area contributed by atoms with E-state index in [1.807, 2.05) is 6.92 Å². The van der Waals surface area contributed by atoms with Crippen molar-refractivity contribution >= 4 is 15.9 Å². The molecular formula is C21H24F2N2O3S. The van der Waals surface area contributed by atoms with Gasteiger partial charge in [-0.05, 0) is 61.7 Å². The van der Waals surface area contributed by atoms with Crippen molar-refractivity contribution in [2.75, 3.05) is 13.6 Å². The Hall–Kier alpha value is -2.32. The maximum Gasteiger partial charge on any atom is 0.253 e. The van der Waals surface area contributed by atoms with E-state index in [1.165, 1.54) is 39.5 Å². The highest BCUT2D eigenvalue weighted by Gasteiger charge is 2.31. The summed E-state index contributed by atoms with van der Waals surface area (Å²) in [6, 6.07) is 9.27. The Morgan fingerprint density at radius 3 is 2.41 bits per heavy atom. The Morgan fingerprint density at radius 1 is 1.10 bits per heavy atom. The van der Waals surface area contributed by atoms with Gasteiger partial charge in [-0.3, -0.25) is 4.79 Å². The van der Waals surface area contributed by atoms with Gasteiger partial charge in [0.25, 0.3) is 5.91 Å². The first-order chi connectivity index (χ1) is 13.7. The van der Waals surface area contributed by atoms with Crippen LogP contribution in [0.2, 0.25) is 0 Å². The predicted molar refractivity (Wildman–Crippen MR) is 106 cm³/mol. The Morgan fingerprint density at radius 2 is 1.79 bits per heavy atom. The van der Waals surface area contributed by atoms with Crippen molar-refractivity contribution in [3.63, 3.8) is 0 Å². The van der Waals surface area contributed by atoms with Gasteiger partial charge in [0.15, 0.2) is 11.6 Å². The number of halogens is 2. The summed E-state index contributed by atoms with van der Waals surface area (Å²) in [5.41, 5.74) is 0.777. The smallest absolute Gasteiger partial charge is 0.253 e. The van der Waals surface area contributed by atoms with Crippen molar-refractivity contribution < 1.29 is 22.0 Å². The first-order valence-electron chi connectivity index (χ1n) is 9.51. The number of hydrogen-bond donors (Lipinski definition) is 0. The van der Waals surface area contributed by atoms with Crippen LogP contribution in [0.5, 0.6) is 0 Å². The number of carbonyl (C=O) groups excluding carboxylic acids is 1. The second-order valence-electron chi connectivity index (χ2n) is 7.39. The van der Waals surface area contributed by atoms with Crippen LogP contribution in [0.3, 0.4) is 0 Å². The molecule has 0 saturated carbocycles. The van der Waals surface area contributed by atoms with Gasteiger partial charge in [-0.2, -0.15) is 4.31 Å². The molecule has 1 unspecified atom stereocenters. The molecule has 0 aromatic heterocycles. The van der Waals surface area contributed by atoms with Crippen LogP contribution in [0.25, 0.3) is 0 Å². The molecule has 2 aromatic carbocycles. The van der Waals surface area contributed by atoms with E-state index in [-0.39, 0.29) is 23.4 Å². The summed E-state index contributed by atoms with van der Waals surface area (Å²) in [5, 5.41) is 0. The zero-order valence-corrected chi connectivity index (χ0v) is 17.3. The molecule has 5 nitrogen and oxygen atoms in total. The monoisotopic (exact) mass is 422 g/mol. The van der Waals surface area contributed by atoms with E-state index in [4.69, 9.17) is 0 Å². The molecule has 0 aliphatic carbocycles. The zero-order valence-electron chi connectivity index (χ0n) is 16.4. The van der Waals surface area contributed by atoms with Crippen molar-refractivity contribution in [1.29, 1.82) is 0 Å². The average Bonchev–Trinajstić information content (AvgIpc) is 2.70. The summed E-state index contributed by atoms with van der Waals surface area (Å²) in [6.45, 7) is 2.50. The Kier molecular flexibility index (Phi) is 6.33. The van der Waals surface area contributed by atoms with Crippen LogP contribution in [0.4, 0.5) is 8.78 Å². The van der Waals surface area contributed by atoms with E-state index in [0.29, 0.717) is 17.7 Å². The molecule has 1 fully saturated rings. The van der Waals surface area contributed by atoms with Crippen LogP contribution in [-0.2, 0) is 16.6 Å². The Balaban J connectivity index is 1.73. The van der Waals surface area contributed by atoms with Crippen molar-refractivity contribution in [2.45, 2.75) is 43.7 Å². The van der Waals surface area contributed by atoms with Crippen LogP contribution >= 0.6 is 0 Å². The highest BCUT2D eigenvalue weighted by molar-refractivity contribution is 7.89. The molecule has 0 spiro atoms. The Labute approximate surface area is 170 Å². The molecule has 1 atom stereocenters. The zero-order chi connectivity index (χ0) is 21.2. The van der Waals surface area contributed by atoms with Gasteiger partial charge in [-0.1, -0.05) is 12.5 Å². The molecule has 3 rings (SSSR count). The number of carbonyl (C=O) groups is 1. The summed E-state index contributed by atoms with van der Waals surface area (Å²) < 4.78 is 53.7. The number of rotatable bonds is 5. The maximum absolute atomic E-state index is 13.4. The van der Waals surface area contributed by atoms with Crippen LogP contribution in [-0.4, -0.2) is 43.2 Å². The number of benzene rings is 2. The number of piperidine rings is 1. The molecule has 1 heterocycles. The molecule has 1 saturated heterocycles. The molecule has 2 aromatic rings. The number of nitrogens with zero attached hydrogens (tertiary/aromatic N) is 2. The fourth-order valence-corrected chi connectivity index (χ4v) is 5.24.